The molecule has 1 heterocycles. The number of hydrogen-bond donors (Lipinski definition) is 1. The summed E-state index contributed by atoms with van der Waals surface area (Å²) in [5.41, 5.74) is 8.67. The summed E-state index contributed by atoms with van der Waals surface area (Å²) < 4.78 is 5.50. The minimum atomic E-state index is 0.334. The normalized spacial score (nSPS) is 10.4. The minimum absolute atomic E-state index is 0.334. The summed E-state index contributed by atoms with van der Waals surface area (Å²) >= 11 is 3.29. The molecule has 0 fully saturated rings. The second-order valence-corrected chi connectivity index (χ2v) is 3.83. The standard InChI is InChI=1S/C10H9BrN2O/c1-6-2-4-7(5-3-6)8-9(11)13-14-10(8)12/h2-5H,12H2,1H3. The Morgan fingerprint density at radius 1 is 1.29 bits per heavy atom. The lowest BCUT2D eigenvalue weighted by Crippen LogP contribution is -1.85. The molecule has 0 saturated heterocycles. The van der Waals surface area contributed by atoms with Gasteiger partial charge in [0.05, 0.1) is 5.56 Å². The molecular formula is C10H9BrN2O. The van der Waals surface area contributed by atoms with Crippen LogP contribution in [0.15, 0.2) is 33.4 Å². The van der Waals surface area contributed by atoms with Crippen LogP contribution in [-0.4, -0.2) is 5.16 Å². The predicted octanol–water partition coefficient (Wildman–Crippen LogP) is 2.99. The van der Waals surface area contributed by atoms with Crippen molar-refractivity contribution in [3.05, 3.63) is 34.4 Å². The molecule has 14 heavy (non-hydrogen) atoms. The molecule has 0 aliphatic carbocycles. The van der Waals surface area contributed by atoms with E-state index in [1.54, 1.807) is 0 Å². The molecular weight excluding hydrogens is 244 g/mol. The Hall–Kier alpha value is -1.29. The molecule has 0 unspecified atom stereocenters. The van der Waals surface area contributed by atoms with Crippen molar-refractivity contribution in [1.82, 2.24) is 5.16 Å². The van der Waals surface area contributed by atoms with Gasteiger partial charge in [0, 0.05) is 0 Å². The van der Waals surface area contributed by atoms with Gasteiger partial charge >= 0.3 is 0 Å². The quantitative estimate of drug-likeness (QED) is 0.849. The Kier molecular flexibility index (Phi) is 2.29. The second kappa shape index (κ2) is 3.46. The summed E-state index contributed by atoms with van der Waals surface area (Å²) in [6.45, 7) is 2.04. The number of benzene rings is 1. The first-order valence-electron chi connectivity index (χ1n) is 4.16. The Morgan fingerprint density at radius 3 is 2.43 bits per heavy atom. The van der Waals surface area contributed by atoms with Crippen LogP contribution in [0.3, 0.4) is 0 Å². The smallest absolute Gasteiger partial charge is 0.231 e. The molecule has 0 radical (unpaired) electrons. The Bertz CT molecular complexity index is 428. The van der Waals surface area contributed by atoms with Gasteiger partial charge in [0.2, 0.25) is 5.88 Å². The summed E-state index contributed by atoms with van der Waals surface area (Å²) in [5, 5.41) is 3.73. The van der Waals surface area contributed by atoms with Crippen molar-refractivity contribution >= 4 is 21.8 Å². The molecule has 0 atom stereocenters. The molecule has 3 nitrogen and oxygen atoms in total. The number of rotatable bonds is 1. The number of aryl methyl sites for hydroxylation is 1. The van der Waals surface area contributed by atoms with Gasteiger partial charge in [0.1, 0.15) is 0 Å². The van der Waals surface area contributed by atoms with Crippen molar-refractivity contribution in [2.24, 2.45) is 0 Å². The topological polar surface area (TPSA) is 52.0 Å². The average molecular weight is 253 g/mol. The first-order chi connectivity index (χ1) is 6.68. The molecule has 0 amide bonds. The molecule has 72 valence electrons. The van der Waals surface area contributed by atoms with Crippen molar-refractivity contribution in [3.63, 3.8) is 0 Å². The van der Waals surface area contributed by atoms with E-state index in [-0.39, 0.29) is 0 Å². The van der Waals surface area contributed by atoms with Gasteiger partial charge < -0.3 is 10.3 Å². The summed E-state index contributed by atoms with van der Waals surface area (Å²) in [4.78, 5) is 0. The summed E-state index contributed by atoms with van der Waals surface area (Å²) in [6.07, 6.45) is 0. The summed E-state index contributed by atoms with van der Waals surface area (Å²) in [6, 6.07) is 8.02. The summed E-state index contributed by atoms with van der Waals surface area (Å²) in [7, 11) is 0. The van der Waals surface area contributed by atoms with Gasteiger partial charge in [0.25, 0.3) is 0 Å². The molecule has 4 heteroatoms. The van der Waals surface area contributed by atoms with Gasteiger partial charge in [-0.15, -0.1) is 0 Å². The zero-order valence-electron chi connectivity index (χ0n) is 7.62. The van der Waals surface area contributed by atoms with Crippen LogP contribution >= 0.6 is 15.9 Å². The van der Waals surface area contributed by atoms with Crippen LogP contribution in [0.4, 0.5) is 5.88 Å². The fourth-order valence-electron chi connectivity index (χ4n) is 1.26. The molecule has 1 aromatic heterocycles. The highest BCUT2D eigenvalue weighted by Gasteiger charge is 2.12. The molecule has 0 aliphatic heterocycles. The largest absolute Gasteiger partial charge is 0.367 e. The Labute approximate surface area is 90.0 Å². The Morgan fingerprint density at radius 2 is 1.93 bits per heavy atom. The number of aromatic nitrogens is 1. The maximum absolute atomic E-state index is 5.65. The number of hydrogen-bond acceptors (Lipinski definition) is 3. The zero-order chi connectivity index (χ0) is 10.1. The maximum Gasteiger partial charge on any atom is 0.231 e. The van der Waals surface area contributed by atoms with Crippen LogP contribution in [-0.2, 0) is 0 Å². The molecule has 0 saturated carbocycles. The monoisotopic (exact) mass is 252 g/mol. The van der Waals surface area contributed by atoms with Crippen molar-refractivity contribution in [1.29, 1.82) is 0 Å². The SMILES string of the molecule is Cc1ccc(-c2c(Br)noc2N)cc1. The maximum atomic E-state index is 5.65. The van der Waals surface area contributed by atoms with E-state index in [2.05, 4.69) is 21.1 Å². The van der Waals surface area contributed by atoms with E-state index in [0.29, 0.717) is 10.5 Å². The zero-order valence-corrected chi connectivity index (χ0v) is 9.21. The van der Waals surface area contributed by atoms with Crippen molar-refractivity contribution in [2.75, 3.05) is 5.73 Å². The van der Waals surface area contributed by atoms with E-state index in [0.717, 1.165) is 11.1 Å². The fourth-order valence-corrected chi connectivity index (χ4v) is 1.76. The van der Waals surface area contributed by atoms with Gasteiger partial charge in [-0.2, -0.15) is 0 Å². The highest BCUT2D eigenvalue weighted by Crippen LogP contribution is 2.32. The molecule has 0 spiro atoms. The van der Waals surface area contributed by atoms with Crippen LogP contribution in [0.25, 0.3) is 11.1 Å². The van der Waals surface area contributed by atoms with E-state index in [9.17, 15) is 0 Å². The van der Waals surface area contributed by atoms with Crippen LogP contribution in [0.1, 0.15) is 5.56 Å². The van der Waals surface area contributed by atoms with Crippen LogP contribution in [0.2, 0.25) is 0 Å². The third-order valence-corrected chi connectivity index (χ3v) is 2.56. The molecule has 2 aromatic rings. The molecule has 0 aliphatic rings. The lowest BCUT2D eigenvalue weighted by Gasteiger charge is -1.99. The third-order valence-electron chi connectivity index (χ3n) is 2.02. The number of anilines is 1. The van der Waals surface area contributed by atoms with E-state index in [1.165, 1.54) is 5.56 Å². The summed E-state index contributed by atoms with van der Waals surface area (Å²) in [5.74, 6) is 0.334. The van der Waals surface area contributed by atoms with Crippen molar-refractivity contribution in [3.8, 4) is 11.1 Å². The van der Waals surface area contributed by atoms with Crippen LogP contribution in [0.5, 0.6) is 0 Å². The number of halogens is 1. The molecule has 2 rings (SSSR count). The van der Waals surface area contributed by atoms with Crippen molar-refractivity contribution < 1.29 is 4.52 Å². The molecule has 0 bridgehead atoms. The minimum Gasteiger partial charge on any atom is -0.367 e. The first kappa shape index (κ1) is 9.27. The second-order valence-electron chi connectivity index (χ2n) is 3.08. The van der Waals surface area contributed by atoms with E-state index in [1.807, 2.05) is 31.2 Å². The van der Waals surface area contributed by atoms with E-state index in [4.69, 9.17) is 10.3 Å². The van der Waals surface area contributed by atoms with Gasteiger partial charge in [-0.25, -0.2) is 0 Å². The molecule has 1 aromatic carbocycles. The fraction of sp³-hybridized carbons (Fsp3) is 0.100. The van der Waals surface area contributed by atoms with E-state index < -0.39 is 0 Å². The van der Waals surface area contributed by atoms with Gasteiger partial charge in [0.15, 0.2) is 4.60 Å². The van der Waals surface area contributed by atoms with Crippen LogP contribution in [0, 0.1) is 6.92 Å². The first-order valence-corrected chi connectivity index (χ1v) is 4.95. The number of nitrogen functional groups attached to an aromatic ring is 1. The Balaban J connectivity index is 2.54. The van der Waals surface area contributed by atoms with Gasteiger partial charge in [-0.05, 0) is 28.4 Å². The molecule has 2 N–H and O–H groups in total. The number of nitrogens with two attached hydrogens (primary N) is 1. The predicted molar refractivity (Wildman–Crippen MR) is 58.8 cm³/mol. The average Bonchev–Trinajstić information content (AvgIpc) is 2.49. The van der Waals surface area contributed by atoms with Gasteiger partial charge in [-0.3, -0.25) is 0 Å². The van der Waals surface area contributed by atoms with Gasteiger partial charge in [-0.1, -0.05) is 35.0 Å². The highest BCUT2D eigenvalue weighted by atomic mass is 79.9. The number of nitrogens with zero attached hydrogens (tertiary/aromatic N) is 1. The lowest BCUT2D eigenvalue weighted by molar-refractivity contribution is 0.432. The highest BCUT2D eigenvalue weighted by molar-refractivity contribution is 9.10. The van der Waals surface area contributed by atoms with Crippen LogP contribution < -0.4 is 5.73 Å². The van der Waals surface area contributed by atoms with Crippen molar-refractivity contribution in [2.45, 2.75) is 6.92 Å². The lowest BCUT2D eigenvalue weighted by atomic mass is 10.1. The van der Waals surface area contributed by atoms with E-state index >= 15 is 0 Å². The third kappa shape index (κ3) is 1.53.